The zero-order valence-electron chi connectivity index (χ0n) is 7.12. The average Bonchev–Trinajstić information content (AvgIpc) is 2.50. The minimum atomic E-state index is 0.364. The molecule has 0 aliphatic carbocycles. The van der Waals surface area contributed by atoms with Crippen molar-refractivity contribution in [2.24, 2.45) is 0 Å². The molecule has 1 atom stereocenters. The monoisotopic (exact) mass is 153 g/mol. The van der Waals surface area contributed by atoms with Crippen molar-refractivity contribution in [1.29, 1.82) is 0 Å². The molecular formula is C8H15N3. The summed E-state index contributed by atoms with van der Waals surface area (Å²) in [5.41, 5.74) is 1.10. The Hall–Kier alpha value is -0.830. The van der Waals surface area contributed by atoms with E-state index in [1.54, 1.807) is 0 Å². The maximum atomic E-state index is 4.34. The van der Waals surface area contributed by atoms with E-state index in [0.717, 1.165) is 12.2 Å². The first-order valence-corrected chi connectivity index (χ1v) is 3.93. The summed E-state index contributed by atoms with van der Waals surface area (Å²) in [4.78, 5) is 0. The van der Waals surface area contributed by atoms with Crippen LogP contribution >= 0.6 is 0 Å². The van der Waals surface area contributed by atoms with Gasteiger partial charge in [-0.25, -0.2) is 0 Å². The summed E-state index contributed by atoms with van der Waals surface area (Å²) in [6.45, 7) is 5.11. The molecule has 0 saturated heterocycles. The Morgan fingerprint density at radius 3 is 3.00 bits per heavy atom. The molecule has 1 aromatic heterocycles. The molecule has 1 heterocycles. The number of rotatable bonds is 3. The first kappa shape index (κ1) is 8.27. The van der Waals surface area contributed by atoms with E-state index in [1.807, 2.05) is 22.3 Å². The molecule has 0 bridgehead atoms. The fourth-order valence-corrected chi connectivity index (χ4v) is 0.917. The Balaban J connectivity index is 2.71. The van der Waals surface area contributed by atoms with Crippen molar-refractivity contribution in [3.8, 4) is 0 Å². The fraction of sp³-hybridized carbons (Fsp3) is 0.500. The maximum Gasteiger partial charge on any atom is 0.117 e. The summed E-state index contributed by atoms with van der Waals surface area (Å²) >= 11 is 0. The molecule has 2 N–H and O–H groups in total. The maximum absolute atomic E-state index is 4.34. The van der Waals surface area contributed by atoms with Crippen LogP contribution in [0.5, 0.6) is 0 Å². The lowest BCUT2D eigenvalue weighted by Crippen LogP contribution is -2.77. The van der Waals surface area contributed by atoms with E-state index in [0.29, 0.717) is 6.04 Å². The van der Waals surface area contributed by atoms with Gasteiger partial charge in [-0.2, -0.15) is 12.1 Å². The Morgan fingerprint density at radius 2 is 2.55 bits per heavy atom. The fourth-order valence-electron chi connectivity index (χ4n) is 0.917. The summed E-state index contributed by atoms with van der Waals surface area (Å²) in [5, 5.41) is 6.25. The average molecular weight is 153 g/mol. The van der Waals surface area contributed by atoms with Crippen LogP contribution in [0.15, 0.2) is 12.3 Å². The number of hydrogen-bond donors (Lipinski definition) is 1. The van der Waals surface area contributed by atoms with Crippen molar-refractivity contribution in [3.63, 3.8) is 0 Å². The highest BCUT2D eigenvalue weighted by Crippen LogP contribution is 2.03. The first-order chi connectivity index (χ1) is 5.27. The van der Waals surface area contributed by atoms with Crippen molar-refractivity contribution in [2.45, 2.75) is 26.4 Å². The number of aryl methyl sites for hydroxylation is 1. The van der Waals surface area contributed by atoms with Crippen molar-refractivity contribution in [3.05, 3.63) is 25.0 Å². The van der Waals surface area contributed by atoms with Crippen molar-refractivity contribution in [2.75, 3.05) is 0 Å². The summed E-state index contributed by atoms with van der Waals surface area (Å²) < 4.78 is 1.93. The molecule has 1 aromatic rings. The molecule has 0 aromatic carbocycles. The van der Waals surface area contributed by atoms with Gasteiger partial charge in [0, 0.05) is 12.7 Å². The number of quaternary nitrogens is 1. The number of aromatic nitrogens is 2. The molecule has 3 nitrogen and oxygen atoms in total. The summed E-state index contributed by atoms with van der Waals surface area (Å²) in [5.74, 6) is 0. The minimum Gasteiger partial charge on any atom is -0.471 e. The van der Waals surface area contributed by atoms with Crippen LogP contribution in [0.4, 0.5) is 0 Å². The van der Waals surface area contributed by atoms with Gasteiger partial charge in [0.2, 0.25) is 0 Å². The lowest BCUT2D eigenvalue weighted by molar-refractivity contribution is -0.637. The van der Waals surface area contributed by atoms with Gasteiger partial charge in [-0.1, -0.05) is 0 Å². The molecule has 62 valence electrons. The molecular weight excluding hydrogens is 138 g/mol. The van der Waals surface area contributed by atoms with Gasteiger partial charge in [0.1, 0.15) is 11.7 Å². The van der Waals surface area contributed by atoms with E-state index in [2.05, 4.69) is 26.0 Å². The van der Waals surface area contributed by atoms with Gasteiger partial charge in [0.15, 0.2) is 0 Å². The number of hydrogen-bond acceptors (Lipinski definition) is 1. The molecule has 1 rings (SSSR count). The lowest BCUT2D eigenvalue weighted by atomic mass is 10.2. The van der Waals surface area contributed by atoms with Crippen LogP contribution < -0.4 is 5.32 Å². The summed E-state index contributed by atoms with van der Waals surface area (Å²) in [6, 6.07) is 2.40. The van der Waals surface area contributed by atoms with Crippen LogP contribution in [0.25, 0.3) is 0 Å². The van der Waals surface area contributed by atoms with Crippen molar-refractivity contribution in [1.82, 2.24) is 9.78 Å². The van der Waals surface area contributed by atoms with Crippen molar-refractivity contribution < 1.29 is 5.32 Å². The van der Waals surface area contributed by atoms with Crippen LogP contribution in [0.2, 0.25) is 0 Å². The van der Waals surface area contributed by atoms with E-state index in [9.17, 15) is 0 Å². The minimum absolute atomic E-state index is 0.364. The second-order valence-electron chi connectivity index (χ2n) is 2.62. The second-order valence-corrected chi connectivity index (χ2v) is 2.62. The van der Waals surface area contributed by atoms with Gasteiger partial charge in [-0.05, 0) is 19.9 Å². The topological polar surface area (TPSA) is 34.4 Å². The standard InChI is InChI=1S/C8H15N3/c1-4-11-6-5-8(10-11)7(2)9-3/h5-7H,3-4,9H2,1-2H3. The third kappa shape index (κ3) is 1.80. The summed E-state index contributed by atoms with van der Waals surface area (Å²) in [6.07, 6.45) is 2.00. The molecule has 0 radical (unpaired) electrons. The third-order valence-corrected chi connectivity index (χ3v) is 1.81. The van der Waals surface area contributed by atoms with Crippen LogP contribution in [0.1, 0.15) is 25.6 Å². The highest BCUT2D eigenvalue weighted by atomic mass is 15.3. The molecule has 0 fully saturated rings. The quantitative estimate of drug-likeness (QED) is 0.623. The number of nitrogens with two attached hydrogens (primary N) is 1. The van der Waals surface area contributed by atoms with Gasteiger partial charge >= 0.3 is 0 Å². The van der Waals surface area contributed by atoms with E-state index >= 15 is 0 Å². The predicted molar refractivity (Wildman–Crippen MR) is 43.6 cm³/mol. The van der Waals surface area contributed by atoms with Crippen molar-refractivity contribution >= 4 is 0 Å². The SMILES string of the molecule is [CH2-][NH2+]C(C)c1ccn(CC)n1. The zero-order valence-corrected chi connectivity index (χ0v) is 7.12. The van der Waals surface area contributed by atoms with Gasteiger partial charge in [0.05, 0.1) is 0 Å². The van der Waals surface area contributed by atoms with Crippen LogP contribution in [0, 0.1) is 7.05 Å². The molecule has 0 amide bonds. The molecule has 0 aliphatic rings. The third-order valence-electron chi connectivity index (χ3n) is 1.81. The Bertz CT molecular complexity index is 217. The van der Waals surface area contributed by atoms with Crippen LogP contribution in [0.3, 0.4) is 0 Å². The molecule has 1 unspecified atom stereocenters. The molecule has 3 heteroatoms. The molecule has 0 saturated carbocycles. The zero-order chi connectivity index (χ0) is 8.27. The smallest absolute Gasteiger partial charge is 0.117 e. The van der Waals surface area contributed by atoms with E-state index in [1.165, 1.54) is 0 Å². The summed E-state index contributed by atoms with van der Waals surface area (Å²) in [7, 11) is 3.72. The second kappa shape index (κ2) is 3.53. The number of nitrogens with zero attached hydrogens (tertiary/aromatic N) is 2. The highest BCUT2D eigenvalue weighted by molar-refractivity contribution is 5.01. The van der Waals surface area contributed by atoms with Crippen LogP contribution in [-0.4, -0.2) is 9.78 Å². The Kier molecular flexibility index (Phi) is 2.65. The molecule has 0 aliphatic heterocycles. The largest absolute Gasteiger partial charge is 0.471 e. The van der Waals surface area contributed by atoms with E-state index in [-0.39, 0.29) is 0 Å². The van der Waals surface area contributed by atoms with E-state index < -0.39 is 0 Å². The van der Waals surface area contributed by atoms with Gasteiger partial charge < -0.3 is 5.32 Å². The Morgan fingerprint density at radius 1 is 1.82 bits per heavy atom. The van der Waals surface area contributed by atoms with Crippen LogP contribution in [-0.2, 0) is 6.54 Å². The van der Waals surface area contributed by atoms with E-state index in [4.69, 9.17) is 0 Å². The lowest BCUT2D eigenvalue weighted by Gasteiger charge is -2.06. The highest BCUT2D eigenvalue weighted by Gasteiger charge is 2.05. The molecule has 0 spiro atoms. The molecule has 11 heavy (non-hydrogen) atoms. The first-order valence-electron chi connectivity index (χ1n) is 3.93. The van der Waals surface area contributed by atoms with Gasteiger partial charge in [-0.15, -0.1) is 0 Å². The predicted octanol–water partition coefficient (Wildman–Crippen LogP) is 0.319. The van der Waals surface area contributed by atoms with Gasteiger partial charge in [0.25, 0.3) is 0 Å². The van der Waals surface area contributed by atoms with Gasteiger partial charge in [-0.3, -0.25) is 4.68 Å². The Labute approximate surface area is 67.4 Å². The normalized spacial score (nSPS) is 13.4.